The molecule has 0 N–H and O–H groups in total. The molecule has 0 saturated carbocycles. The number of hydrogen-bond acceptors (Lipinski definition) is 4. The summed E-state index contributed by atoms with van der Waals surface area (Å²) in [7, 11) is 0. The van der Waals surface area contributed by atoms with Gasteiger partial charge in [0.25, 0.3) is 5.91 Å². The largest absolute Gasteiger partial charge is 0.337 e. The summed E-state index contributed by atoms with van der Waals surface area (Å²) in [6, 6.07) is 12.3. The highest BCUT2D eigenvalue weighted by Crippen LogP contribution is 2.18. The van der Waals surface area contributed by atoms with Crippen LogP contribution in [0, 0.1) is 0 Å². The van der Waals surface area contributed by atoms with E-state index in [0.29, 0.717) is 11.6 Å². The van der Waals surface area contributed by atoms with Crippen molar-refractivity contribution < 1.29 is 4.79 Å². The smallest absolute Gasteiger partial charge is 0.272 e. The van der Waals surface area contributed by atoms with Crippen molar-refractivity contribution in [3.05, 3.63) is 53.9 Å². The first-order valence-corrected chi connectivity index (χ1v) is 9.58. The first-order chi connectivity index (χ1) is 12.6. The van der Waals surface area contributed by atoms with E-state index in [1.54, 1.807) is 12.3 Å². The van der Waals surface area contributed by atoms with Gasteiger partial charge in [-0.05, 0) is 38.3 Å². The van der Waals surface area contributed by atoms with Gasteiger partial charge in [-0.15, -0.1) is 0 Å². The van der Waals surface area contributed by atoms with Crippen LogP contribution in [-0.2, 0) is 6.54 Å². The van der Waals surface area contributed by atoms with E-state index in [0.717, 1.165) is 32.5 Å². The highest BCUT2D eigenvalue weighted by molar-refractivity contribution is 5.92. The second kappa shape index (κ2) is 8.79. The number of aromatic nitrogens is 2. The summed E-state index contributed by atoms with van der Waals surface area (Å²) in [5.74, 6) is 0.642. The van der Waals surface area contributed by atoms with Crippen LogP contribution in [0.2, 0.25) is 0 Å². The average molecular weight is 352 g/mol. The molecule has 1 saturated heterocycles. The Morgan fingerprint density at radius 1 is 1.08 bits per heavy atom. The molecule has 1 aliphatic rings. The van der Waals surface area contributed by atoms with E-state index in [2.05, 4.69) is 40.8 Å². The van der Waals surface area contributed by atoms with Gasteiger partial charge in [0.15, 0.2) is 0 Å². The zero-order valence-electron chi connectivity index (χ0n) is 15.8. The summed E-state index contributed by atoms with van der Waals surface area (Å²) < 4.78 is 0. The molecule has 5 nitrogen and oxygen atoms in total. The van der Waals surface area contributed by atoms with Crippen LogP contribution >= 0.6 is 0 Å². The van der Waals surface area contributed by atoms with E-state index in [1.165, 1.54) is 18.4 Å². The molecule has 1 amide bonds. The van der Waals surface area contributed by atoms with Crippen molar-refractivity contribution in [2.75, 3.05) is 18.0 Å². The quantitative estimate of drug-likeness (QED) is 0.819. The molecule has 3 rings (SSSR count). The van der Waals surface area contributed by atoms with Crippen molar-refractivity contribution >= 4 is 11.9 Å². The molecule has 1 fully saturated rings. The minimum atomic E-state index is 0.0268. The van der Waals surface area contributed by atoms with Crippen LogP contribution in [0.5, 0.6) is 0 Å². The lowest BCUT2D eigenvalue weighted by Crippen LogP contribution is -2.34. The maximum atomic E-state index is 12.9. The molecule has 0 bridgehead atoms. The van der Waals surface area contributed by atoms with Crippen molar-refractivity contribution in [1.82, 2.24) is 14.9 Å². The molecule has 5 heteroatoms. The Kier molecular flexibility index (Phi) is 6.21. The molecule has 1 aromatic heterocycles. The number of carbonyl (C=O) groups excluding carboxylic acids is 1. The predicted molar refractivity (Wildman–Crippen MR) is 104 cm³/mol. The molecule has 138 valence electrons. The summed E-state index contributed by atoms with van der Waals surface area (Å²) in [4.78, 5) is 26.0. The van der Waals surface area contributed by atoms with E-state index in [9.17, 15) is 4.79 Å². The number of benzene rings is 1. The Bertz CT molecular complexity index is 709. The molecular formula is C21H28N4O. The van der Waals surface area contributed by atoms with Gasteiger partial charge < -0.3 is 9.80 Å². The molecule has 0 spiro atoms. The van der Waals surface area contributed by atoms with Crippen molar-refractivity contribution in [3.63, 3.8) is 0 Å². The van der Waals surface area contributed by atoms with Crippen LogP contribution in [0.3, 0.4) is 0 Å². The maximum Gasteiger partial charge on any atom is 0.272 e. The molecular weight excluding hydrogens is 324 g/mol. The van der Waals surface area contributed by atoms with Crippen LogP contribution < -0.4 is 4.90 Å². The average Bonchev–Trinajstić information content (AvgIpc) is 2.96. The Balaban J connectivity index is 1.80. The van der Waals surface area contributed by atoms with Gasteiger partial charge in [0.1, 0.15) is 5.69 Å². The normalized spacial score (nSPS) is 15.0. The second-order valence-corrected chi connectivity index (χ2v) is 7.16. The summed E-state index contributed by atoms with van der Waals surface area (Å²) in [6.45, 7) is 6.62. The van der Waals surface area contributed by atoms with Gasteiger partial charge in [0, 0.05) is 31.9 Å². The van der Waals surface area contributed by atoms with Gasteiger partial charge in [0.05, 0.1) is 0 Å². The summed E-state index contributed by atoms with van der Waals surface area (Å²) >= 11 is 0. The minimum Gasteiger partial charge on any atom is -0.337 e. The summed E-state index contributed by atoms with van der Waals surface area (Å²) in [5, 5.41) is 0. The van der Waals surface area contributed by atoms with Gasteiger partial charge in [-0.2, -0.15) is 0 Å². The molecule has 0 unspecified atom stereocenters. The van der Waals surface area contributed by atoms with Crippen molar-refractivity contribution in [2.24, 2.45) is 0 Å². The molecule has 0 aliphatic carbocycles. The zero-order chi connectivity index (χ0) is 18.4. The van der Waals surface area contributed by atoms with Crippen LogP contribution in [0.4, 0.5) is 5.95 Å². The zero-order valence-corrected chi connectivity index (χ0v) is 15.8. The fourth-order valence-electron chi connectivity index (χ4n) is 3.31. The second-order valence-electron chi connectivity index (χ2n) is 7.16. The highest BCUT2D eigenvalue weighted by atomic mass is 16.2. The topological polar surface area (TPSA) is 49.3 Å². The van der Waals surface area contributed by atoms with E-state index >= 15 is 0 Å². The highest BCUT2D eigenvalue weighted by Gasteiger charge is 2.21. The van der Waals surface area contributed by atoms with Crippen molar-refractivity contribution in [3.8, 4) is 0 Å². The Hall–Kier alpha value is -2.43. The maximum absolute atomic E-state index is 12.9. The lowest BCUT2D eigenvalue weighted by atomic mass is 10.2. The van der Waals surface area contributed by atoms with Crippen LogP contribution in [-0.4, -0.2) is 39.9 Å². The first-order valence-electron chi connectivity index (χ1n) is 9.58. The SMILES string of the molecule is CC(C)N(Cc1ccccc1)c1nccc(C(=O)N2CCCCCC2)n1. The number of nitrogens with zero attached hydrogens (tertiary/aromatic N) is 4. The molecule has 2 heterocycles. The molecule has 0 atom stereocenters. The summed E-state index contributed by atoms with van der Waals surface area (Å²) in [6.07, 6.45) is 6.27. The van der Waals surface area contributed by atoms with E-state index in [1.807, 2.05) is 23.1 Å². The standard InChI is InChI=1S/C21H28N4O/c1-17(2)25(16-18-10-6-5-7-11-18)21-22-13-12-19(23-21)20(26)24-14-8-3-4-9-15-24/h5-7,10-13,17H,3-4,8-9,14-16H2,1-2H3. The van der Waals surface area contributed by atoms with Crippen molar-refractivity contribution in [2.45, 2.75) is 52.1 Å². The number of hydrogen-bond donors (Lipinski definition) is 0. The molecule has 1 aromatic carbocycles. The van der Waals surface area contributed by atoms with Crippen LogP contribution in [0.15, 0.2) is 42.6 Å². The summed E-state index contributed by atoms with van der Waals surface area (Å²) in [5.41, 5.74) is 1.70. The number of anilines is 1. The van der Waals surface area contributed by atoms with Gasteiger partial charge >= 0.3 is 0 Å². The molecule has 0 radical (unpaired) electrons. The Morgan fingerprint density at radius 3 is 2.42 bits per heavy atom. The first kappa shape index (κ1) is 18.4. The molecule has 26 heavy (non-hydrogen) atoms. The Labute approximate surface area is 156 Å². The van der Waals surface area contributed by atoms with E-state index < -0.39 is 0 Å². The van der Waals surface area contributed by atoms with Crippen molar-refractivity contribution in [1.29, 1.82) is 0 Å². The third kappa shape index (κ3) is 4.59. The third-order valence-electron chi connectivity index (χ3n) is 4.83. The van der Waals surface area contributed by atoms with Gasteiger partial charge in [-0.1, -0.05) is 43.2 Å². The Morgan fingerprint density at radius 2 is 1.77 bits per heavy atom. The number of carbonyl (C=O) groups is 1. The van der Waals surface area contributed by atoms with Gasteiger partial charge in [0.2, 0.25) is 5.95 Å². The third-order valence-corrected chi connectivity index (χ3v) is 4.83. The number of rotatable bonds is 5. The van der Waals surface area contributed by atoms with E-state index in [4.69, 9.17) is 0 Å². The lowest BCUT2D eigenvalue weighted by Gasteiger charge is -2.27. The fourth-order valence-corrected chi connectivity index (χ4v) is 3.31. The molecule has 1 aliphatic heterocycles. The monoisotopic (exact) mass is 352 g/mol. The van der Waals surface area contributed by atoms with E-state index in [-0.39, 0.29) is 11.9 Å². The fraction of sp³-hybridized carbons (Fsp3) is 0.476. The number of likely N-dealkylation sites (tertiary alicyclic amines) is 1. The van der Waals surface area contributed by atoms with Gasteiger partial charge in [-0.25, -0.2) is 9.97 Å². The number of amides is 1. The van der Waals surface area contributed by atoms with Crippen LogP contribution in [0.1, 0.15) is 55.6 Å². The minimum absolute atomic E-state index is 0.0268. The van der Waals surface area contributed by atoms with Crippen LogP contribution in [0.25, 0.3) is 0 Å². The predicted octanol–water partition coefficient (Wildman–Crippen LogP) is 3.91. The molecule has 2 aromatic rings. The van der Waals surface area contributed by atoms with Gasteiger partial charge in [-0.3, -0.25) is 4.79 Å². The lowest BCUT2D eigenvalue weighted by molar-refractivity contribution is 0.0755.